The molecule has 0 aromatic carbocycles. The average Bonchev–Trinajstić information content (AvgIpc) is 2.38. The van der Waals surface area contributed by atoms with Crippen LogP contribution in [-0.2, 0) is 9.47 Å². The minimum atomic E-state index is -0.184. The number of carbonyl (C=O) groups excluding carboxylic acids is 1. The molecule has 2 aliphatic heterocycles. The van der Waals surface area contributed by atoms with Gasteiger partial charge in [0.1, 0.15) is 0 Å². The van der Waals surface area contributed by atoms with E-state index in [9.17, 15) is 4.79 Å². The fourth-order valence-electron chi connectivity index (χ4n) is 2.90. The fourth-order valence-corrected chi connectivity index (χ4v) is 2.90. The van der Waals surface area contributed by atoms with Crippen molar-refractivity contribution in [1.29, 1.82) is 0 Å². The summed E-state index contributed by atoms with van der Waals surface area (Å²) in [6, 6.07) is 0. The Morgan fingerprint density at radius 1 is 1.26 bits per heavy atom. The van der Waals surface area contributed by atoms with Crippen LogP contribution in [-0.4, -0.2) is 56.0 Å². The van der Waals surface area contributed by atoms with Crippen LogP contribution < -0.4 is 5.32 Å². The van der Waals surface area contributed by atoms with E-state index in [1.807, 2.05) is 13.8 Å². The summed E-state index contributed by atoms with van der Waals surface area (Å²) >= 11 is 0. The summed E-state index contributed by atoms with van der Waals surface area (Å²) in [5.74, 6) is 0.705. The molecule has 5 heteroatoms. The van der Waals surface area contributed by atoms with Crippen molar-refractivity contribution >= 4 is 6.09 Å². The van der Waals surface area contributed by atoms with Gasteiger partial charge < -0.3 is 19.7 Å². The minimum Gasteiger partial charge on any atom is -0.449 e. The predicted molar refractivity (Wildman–Crippen MR) is 73.1 cm³/mol. The topological polar surface area (TPSA) is 50.8 Å². The summed E-state index contributed by atoms with van der Waals surface area (Å²) in [7, 11) is 0. The van der Waals surface area contributed by atoms with Crippen LogP contribution in [0.5, 0.6) is 0 Å². The number of hydrogen-bond acceptors (Lipinski definition) is 4. The lowest BCUT2D eigenvalue weighted by Crippen LogP contribution is -2.48. The largest absolute Gasteiger partial charge is 0.449 e. The van der Waals surface area contributed by atoms with E-state index < -0.39 is 0 Å². The molecule has 1 N–H and O–H groups in total. The van der Waals surface area contributed by atoms with Crippen LogP contribution in [0, 0.1) is 5.92 Å². The molecule has 0 radical (unpaired) electrons. The van der Waals surface area contributed by atoms with Crippen molar-refractivity contribution < 1.29 is 14.3 Å². The van der Waals surface area contributed by atoms with E-state index in [2.05, 4.69) is 5.32 Å². The Bertz CT molecular complexity index is 282. The third-order valence-electron chi connectivity index (χ3n) is 3.89. The molecule has 2 saturated heterocycles. The van der Waals surface area contributed by atoms with Crippen molar-refractivity contribution in [3.63, 3.8) is 0 Å². The number of hydrogen-bond donors (Lipinski definition) is 1. The van der Waals surface area contributed by atoms with E-state index in [4.69, 9.17) is 9.47 Å². The van der Waals surface area contributed by atoms with Crippen molar-refractivity contribution in [2.75, 3.05) is 32.8 Å². The summed E-state index contributed by atoms with van der Waals surface area (Å²) in [5, 5.41) is 3.35. The van der Waals surface area contributed by atoms with Gasteiger partial charge in [-0.1, -0.05) is 0 Å². The van der Waals surface area contributed by atoms with E-state index in [0.29, 0.717) is 25.6 Å². The van der Waals surface area contributed by atoms with Gasteiger partial charge in [-0.15, -0.1) is 0 Å². The fraction of sp³-hybridized carbons (Fsp3) is 0.929. The Balaban J connectivity index is 1.65. The van der Waals surface area contributed by atoms with E-state index >= 15 is 0 Å². The molecule has 0 saturated carbocycles. The van der Waals surface area contributed by atoms with E-state index in [1.54, 1.807) is 4.90 Å². The van der Waals surface area contributed by atoms with Gasteiger partial charge in [-0.25, -0.2) is 4.79 Å². The summed E-state index contributed by atoms with van der Waals surface area (Å²) in [6.45, 7) is 7.99. The van der Waals surface area contributed by atoms with Gasteiger partial charge in [0.25, 0.3) is 0 Å². The first-order chi connectivity index (χ1) is 9.15. The SMILES string of the molecule is C[C@@H]1CN(C(=O)OCCC2CCNCC2)C[C@H](C)O1. The third kappa shape index (κ3) is 4.66. The Labute approximate surface area is 115 Å². The first-order valence-corrected chi connectivity index (χ1v) is 7.43. The molecule has 1 amide bonds. The lowest BCUT2D eigenvalue weighted by molar-refractivity contribution is -0.0641. The zero-order chi connectivity index (χ0) is 13.7. The smallest absolute Gasteiger partial charge is 0.409 e. The zero-order valence-corrected chi connectivity index (χ0v) is 12.1. The number of nitrogens with zero attached hydrogens (tertiary/aromatic N) is 1. The number of ether oxygens (including phenoxy) is 2. The maximum atomic E-state index is 12.0. The number of rotatable bonds is 3. The Kier molecular flexibility index (Phi) is 5.45. The second kappa shape index (κ2) is 7.10. The van der Waals surface area contributed by atoms with Crippen LogP contribution in [0.3, 0.4) is 0 Å². The molecule has 2 atom stereocenters. The predicted octanol–water partition coefficient (Wildman–Crippen LogP) is 1.62. The molecule has 0 spiro atoms. The molecule has 5 nitrogen and oxygen atoms in total. The maximum absolute atomic E-state index is 12.0. The minimum absolute atomic E-state index is 0.0979. The standard InChI is InChI=1S/C14H26N2O3/c1-11-9-16(10-12(2)19-11)14(17)18-8-5-13-3-6-15-7-4-13/h11-13,15H,3-10H2,1-2H3/t11-,12+. The van der Waals surface area contributed by atoms with Crippen LogP contribution in [0.1, 0.15) is 33.1 Å². The lowest BCUT2D eigenvalue weighted by atomic mass is 9.95. The van der Waals surface area contributed by atoms with Gasteiger partial charge in [-0.3, -0.25) is 0 Å². The number of morpholine rings is 1. The molecule has 2 rings (SSSR count). The van der Waals surface area contributed by atoms with Gasteiger partial charge in [0.05, 0.1) is 31.9 Å². The molecule has 2 fully saturated rings. The van der Waals surface area contributed by atoms with Crippen LogP contribution in [0.4, 0.5) is 4.79 Å². The molecule has 110 valence electrons. The van der Waals surface area contributed by atoms with E-state index in [1.165, 1.54) is 12.8 Å². The molecule has 0 bridgehead atoms. The molecular formula is C14H26N2O3. The first kappa shape index (κ1) is 14.6. The van der Waals surface area contributed by atoms with E-state index in [-0.39, 0.29) is 18.3 Å². The highest BCUT2D eigenvalue weighted by atomic mass is 16.6. The Hall–Kier alpha value is -0.810. The van der Waals surface area contributed by atoms with Crippen molar-refractivity contribution in [2.24, 2.45) is 5.92 Å². The molecule has 19 heavy (non-hydrogen) atoms. The summed E-state index contributed by atoms with van der Waals surface area (Å²) < 4.78 is 11.0. The molecule has 0 aromatic rings. The number of piperidine rings is 1. The van der Waals surface area contributed by atoms with Gasteiger partial charge >= 0.3 is 6.09 Å². The summed E-state index contributed by atoms with van der Waals surface area (Å²) in [4.78, 5) is 13.7. The van der Waals surface area contributed by atoms with Crippen LogP contribution in [0.25, 0.3) is 0 Å². The van der Waals surface area contributed by atoms with Gasteiger partial charge in [0.2, 0.25) is 0 Å². The van der Waals surface area contributed by atoms with Crippen molar-refractivity contribution in [2.45, 2.75) is 45.3 Å². The monoisotopic (exact) mass is 270 g/mol. The third-order valence-corrected chi connectivity index (χ3v) is 3.89. The average molecular weight is 270 g/mol. The second-order valence-electron chi connectivity index (χ2n) is 5.76. The molecule has 0 aromatic heterocycles. The van der Waals surface area contributed by atoms with Crippen molar-refractivity contribution in [1.82, 2.24) is 10.2 Å². The highest BCUT2D eigenvalue weighted by Crippen LogP contribution is 2.16. The number of amides is 1. The normalized spacial score (nSPS) is 29.3. The number of nitrogens with one attached hydrogen (secondary N) is 1. The van der Waals surface area contributed by atoms with Gasteiger partial charge in [-0.05, 0) is 52.1 Å². The Morgan fingerprint density at radius 2 is 1.89 bits per heavy atom. The van der Waals surface area contributed by atoms with Crippen LogP contribution in [0.2, 0.25) is 0 Å². The summed E-state index contributed by atoms with van der Waals surface area (Å²) in [5.41, 5.74) is 0. The second-order valence-corrected chi connectivity index (χ2v) is 5.76. The highest BCUT2D eigenvalue weighted by molar-refractivity contribution is 5.67. The van der Waals surface area contributed by atoms with Crippen molar-refractivity contribution in [3.8, 4) is 0 Å². The maximum Gasteiger partial charge on any atom is 0.409 e. The molecular weight excluding hydrogens is 244 g/mol. The van der Waals surface area contributed by atoms with Crippen LogP contribution >= 0.6 is 0 Å². The van der Waals surface area contributed by atoms with E-state index in [0.717, 1.165) is 19.5 Å². The van der Waals surface area contributed by atoms with Crippen molar-refractivity contribution in [3.05, 3.63) is 0 Å². The molecule has 0 unspecified atom stereocenters. The van der Waals surface area contributed by atoms with Crippen LogP contribution in [0.15, 0.2) is 0 Å². The Morgan fingerprint density at radius 3 is 2.53 bits per heavy atom. The zero-order valence-electron chi connectivity index (χ0n) is 12.1. The summed E-state index contributed by atoms with van der Waals surface area (Å²) in [6.07, 6.45) is 3.40. The molecule has 2 heterocycles. The highest BCUT2D eigenvalue weighted by Gasteiger charge is 2.26. The quantitative estimate of drug-likeness (QED) is 0.846. The number of carbonyl (C=O) groups is 1. The van der Waals surface area contributed by atoms with Gasteiger partial charge in [0, 0.05) is 0 Å². The molecule has 0 aliphatic carbocycles. The van der Waals surface area contributed by atoms with Gasteiger partial charge in [-0.2, -0.15) is 0 Å². The van der Waals surface area contributed by atoms with Gasteiger partial charge in [0.15, 0.2) is 0 Å². The first-order valence-electron chi connectivity index (χ1n) is 7.43. The molecule has 2 aliphatic rings. The lowest BCUT2D eigenvalue weighted by Gasteiger charge is -2.34.